The van der Waals surface area contributed by atoms with Gasteiger partial charge in [-0.3, -0.25) is 33.6 Å². The normalized spacial score (nSPS) is 13.7. The van der Waals surface area contributed by atoms with Crippen molar-refractivity contribution in [3.8, 4) is 5.75 Å². The number of methoxy groups -OCH3 is 1. The van der Waals surface area contributed by atoms with Gasteiger partial charge in [0.05, 0.1) is 25.2 Å². The van der Waals surface area contributed by atoms with Gasteiger partial charge in [0.25, 0.3) is 5.91 Å². The van der Waals surface area contributed by atoms with E-state index in [1.807, 2.05) is 6.07 Å². The average molecular weight is 772 g/mol. The van der Waals surface area contributed by atoms with Crippen LogP contribution in [0.2, 0.25) is 0 Å². The molecular formula is C37H43F2N5O11. The summed E-state index contributed by atoms with van der Waals surface area (Å²) in [4.78, 5) is 94.6. The maximum Gasteiger partial charge on any atom is 0.308 e. The quantitative estimate of drug-likeness (QED) is 0.0898. The van der Waals surface area contributed by atoms with E-state index in [2.05, 4.69) is 31.0 Å². The number of carboxylic acid groups (broad SMARTS) is 1. The lowest BCUT2D eigenvalue weighted by atomic mass is 10.0. The molecule has 3 rings (SSSR count). The maximum absolute atomic E-state index is 14.0. The van der Waals surface area contributed by atoms with Gasteiger partial charge < -0.3 is 41.0 Å². The number of nitrogens with zero attached hydrogens (tertiary/aromatic N) is 1. The Morgan fingerprint density at radius 2 is 1.42 bits per heavy atom. The number of hydrogen-bond acceptors (Lipinski definition) is 11. The molecule has 3 aromatic rings. The Hall–Kier alpha value is -6.04. The van der Waals surface area contributed by atoms with Gasteiger partial charge in [-0.15, -0.1) is 0 Å². The molecule has 6 N–H and O–H groups in total. The summed E-state index contributed by atoms with van der Waals surface area (Å²) >= 11 is 0. The third-order valence-corrected chi connectivity index (χ3v) is 8.08. The summed E-state index contributed by atoms with van der Waals surface area (Å²) in [5, 5.41) is 30.0. The zero-order valence-electron chi connectivity index (χ0n) is 30.5. The minimum Gasteiger partial charge on any atom is -0.481 e. The summed E-state index contributed by atoms with van der Waals surface area (Å²) in [5.41, 5.74) is 0.551. The first-order valence-electron chi connectivity index (χ1n) is 17.1. The van der Waals surface area contributed by atoms with Crippen LogP contribution in [0.1, 0.15) is 56.9 Å². The van der Waals surface area contributed by atoms with Crippen LogP contribution in [0.5, 0.6) is 5.75 Å². The van der Waals surface area contributed by atoms with Crippen molar-refractivity contribution in [3.05, 3.63) is 71.9 Å². The lowest BCUT2D eigenvalue weighted by molar-refractivity contribution is -0.144. The van der Waals surface area contributed by atoms with E-state index in [4.69, 9.17) is 4.74 Å². The molecule has 1 heterocycles. The number of Topliss-reactive ketones (excluding diaryl/α,β-unsaturated/α-hetero) is 1. The van der Waals surface area contributed by atoms with Crippen LogP contribution >= 0.6 is 0 Å². The van der Waals surface area contributed by atoms with Crippen LogP contribution in [0.25, 0.3) is 10.9 Å². The van der Waals surface area contributed by atoms with Gasteiger partial charge in [-0.1, -0.05) is 44.2 Å². The molecule has 0 spiro atoms. The Bertz CT molecular complexity index is 1870. The Balaban J connectivity index is 1.78. The largest absolute Gasteiger partial charge is 0.481 e. The number of fused-ring (bicyclic) bond motifs is 1. The van der Waals surface area contributed by atoms with Gasteiger partial charge >= 0.3 is 11.9 Å². The highest BCUT2D eigenvalue weighted by molar-refractivity contribution is 5.99. The fraction of sp³-hybridized carbons (Fsp3) is 0.405. The van der Waals surface area contributed by atoms with Crippen molar-refractivity contribution in [2.45, 2.75) is 76.7 Å². The van der Waals surface area contributed by atoms with E-state index in [9.17, 15) is 52.6 Å². The van der Waals surface area contributed by atoms with Gasteiger partial charge in [-0.2, -0.15) is 0 Å². The van der Waals surface area contributed by atoms with Crippen LogP contribution in [0.15, 0.2) is 54.6 Å². The van der Waals surface area contributed by atoms with Crippen molar-refractivity contribution in [1.29, 1.82) is 0 Å². The van der Waals surface area contributed by atoms with Crippen molar-refractivity contribution in [3.63, 3.8) is 0 Å². The number of carboxylic acids is 1. The number of para-hydroxylation sites is 2. The molecule has 55 heavy (non-hydrogen) atoms. The van der Waals surface area contributed by atoms with E-state index in [0.29, 0.717) is 5.52 Å². The van der Waals surface area contributed by atoms with E-state index in [1.165, 1.54) is 6.07 Å². The third kappa shape index (κ3) is 13.1. The highest BCUT2D eigenvalue weighted by Gasteiger charge is 2.35. The van der Waals surface area contributed by atoms with E-state index in [1.54, 1.807) is 38.1 Å². The lowest BCUT2D eigenvalue weighted by Gasteiger charge is -2.27. The number of carbonyl (C=O) groups excluding carboxylic acids is 6. The van der Waals surface area contributed by atoms with Crippen molar-refractivity contribution in [2.24, 2.45) is 5.92 Å². The Morgan fingerprint density at radius 1 is 0.782 bits per heavy atom. The molecule has 4 amide bonds. The van der Waals surface area contributed by atoms with Crippen molar-refractivity contribution < 1.29 is 62.0 Å². The number of ketones is 1. The van der Waals surface area contributed by atoms with Crippen molar-refractivity contribution in [1.82, 2.24) is 26.3 Å². The number of hydrogen-bond donors (Lipinski definition) is 6. The Morgan fingerprint density at radius 3 is 2.04 bits per heavy atom. The lowest BCUT2D eigenvalue weighted by Crippen LogP contribution is -2.60. The van der Waals surface area contributed by atoms with E-state index < -0.39 is 115 Å². The van der Waals surface area contributed by atoms with Crippen LogP contribution in [-0.2, 0) is 33.5 Å². The number of carbonyl (C=O) groups is 7. The summed E-state index contributed by atoms with van der Waals surface area (Å²) in [5.74, 6) is -10.5. The first-order chi connectivity index (χ1) is 26.0. The molecule has 0 aliphatic rings. The summed E-state index contributed by atoms with van der Waals surface area (Å²) in [6, 6.07) is 6.64. The number of aliphatic hydroxyl groups excluding tert-OH is 1. The molecule has 0 unspecified atom stereocenters. The first kappa shape index (κ1) is 43.4. The highest BCUT2D eigenvalue weighted by Crippen LogP contribution is 2.21. The number of aromatic nitrogens is 1. The third-order valence-electron chi connectivity index (χ3n) is 8.08. The molecule has 16 nitrogen and oxygen atoms in total. The zero-order valence-corrected chi connectivity index (χ0v) is 30.5. The Labute approximate surface area is 314 Å². The number of ether oxygens (including phenoxy) is 2. The number of nitrogens with one attached hydrogen (secondary N) is 4. The molecule has 0 aliphatic heterocycles. The zero-order chi connectivity index (χ0) is 40.8. The summed E-state index contributed by atoms with van der Waals surface area (Å²) in [6.45, 7) is 3.65. The van der Waals surface area contributed by atoms with Crippen LogP contribution in [-0.4, -0.2) is 101 Å². The number of amides is 4. The van der Waals surface area contributed by atoms with Crippen molar-refractivity contribution in [2.75, 3.05) is 13.7 Å². The molecule has 0 bridgehead atoms. The van der Waals surface area contributed by atoms with Gasteiger partial charge in [0.1, 0.15) is 36.5 Å². The SMILES string of the molecule is COC(=O)C[C@@H](NC(=O)[C@@H](NC(=O)[C@H](CCC(=O)O)NC(=O)[C@H](CC(C)C)NC(=O)c1ccc2ccccc2n1)[C@H](C)O)C(=O)COc1c(F)cccc1F. The topological polar surface area (TPSA) is 239 Å². The summed E-state index contributed by atoms with van der Waals surface area (Å²) in [7, 11) is 0.999. The molecular weight excluding hydrogens is 728 g/mol. The number of halogens is 2. The van der Waals surface area contributed by atoms with Gasteiger partial charge in [0.15, 0.2) is 23.2 Å². The Kier molecular flexibility index (Phi) is 16.1. The smallest absolute Gasteiger partial charge is 0.308 e. The second-order valence-corrected chi connectivity index (χ2v) is 12.9. The molecule has 0 aliphatic carbocycles. The van der Waals surface area contributed by atoms with E-state index >= 15 is 0 Å². The van der Waals surface area contributed by atoms with E-state index in [-0.39, 0.29) is 18.0 Å². The first-order valence-corrected chi connectivity index (χ1v) is 17.1. The fourth-order valence-electron chi connectivity index (χ4n) is 5.22. The van der Waals surface area contributed by atoms with Crippen LogP contribution in [0.3, 0.4) is 0 Å². The summed E-state index contributed by atoms with van der Waals surface area (Å²) < 4.78 is 37.6. The minimum absolute atomic E-state index is 0.0150. The summed E-state index contributed by atoms with van der Waals surface area (Å²) in [6.07, 6.45) is -3.45. The molecule has 0 fully saturated rings. The second kappa shape index (κ2) is 20.4. The van der Waals surface area contributed by atoms with E-state index in [0.717, 1.165) is 37.6 Å². The van der Waals surface area contributed by atoms with Crippen LogP contribution in [0, 0.1) is 17.6 Å². The average Bonchev–Trinajstić information content (AvgIpc) is 3.13. The molecule has 296 valence electrons. The standard InChI is InChI=1S/C37H43F2N5O11/c1-19(2)16-28(43-34(50)25-13-12-21-8-5-6-11-24(21)40-25)36(52)41-26(14-15-30(47)48)35(51)44-32(20(3)45)37(53)42-27(17-31(49)54-4)29(46)18-55-33-22(38)9-7-10-23(33)39/h5-13,19-20,26-28,32,45H,14-18H2,1-4H3,(H,41,52)(H,42,53)(H,43,50)(H,44,51)(H,47,48)/t20-,26-,27+,28-,32-/m0/s1. The second-order valence-electron chi connectivity index (χ2n) is 12.9. The molecule has 1 aromatic heterocycles. The monoisotopic (exact) mass is 771 g/mol. The molecule has 5 atom stereocenters. The predicted octanol–water partition coefficient (Wildman–Crippen LogP) is 1.57. The number of aliphatic carboxylic acids is 1. The predicted molar refractivity (Wildman–Crippen MR) is 190 cm³/mol. The minimum atomic E-state index is -1.85. The number of aliphatic hydroxyl groups is 1. The fourth-order valence-corrected chi connectivity index (χ4v) is 5.22. The number of benzene rings is 2. The van der Waals surface area contributed by atoms with Gasteiger partial charge in [0.2, 0.25) is 17.7 Å². The molecule has 0 saturated heterocycles. The number of esters is 1. The molecule has 0 saturated carbocycles. The highest BCUT2D eigenvalue weighted by atomic mass is 19.1. The van der Waals surface area contributed by atoms with Crippen molar-refractivity contribution >= 4 is 52.3 Å². The van der Waals surface area contributed by atoms with Crippen LogP contribution in [0.4, 0.5) is 8.78 Å². The van der Waals surface area contributed by atoms with Gasteiger partial charge in [-0.05, 0) is 49.9 Å². The molecule has 18 heteroatoms. The number of rotatable bonds is 20. The van der Waals surface area contributed by atoms with Gasteiger partial charge in [-0.25, -0.2) is 13.8 Å². The van der Waals surface area contributed by atoms with Crippen LogP contribution < -0.4 is 26.0 Å². The van der Waals surface area contributed by atoms with Gasteiger partial charge in [0, 0.05) is 11.8 Å². The molecule has 0 radical (unpaired) electrons. The maximum atomic E-state index is 14.0. The molecule has 2 aromatic carbocycles. The number of pyridine rings is 1.